The number of alkyl halides is 5. The highest BCUT2D eigenvalue weighted by atomic mass is 127. The number of rotatable bonds is 4. The fourth-order valence-electron chi connectivity index (χ4n) is 1.68. The molecule has 2 unspecified atom stereocenters. The number of hydrogen-bond donors (Lipinski definition) is 1. The molecule has 1 amide bonds. The summed E-state index contributed by atoms with van der Waals surface area (Å²) in [5, 5.41) is 12.2. The molecule has 1 aliphatic rings. The summed E-state index contributed by atoms with van der Waals surface area (Å²) in [5.74, 6) is -0.635. The third-order valence-electron chi connectivity index (χ3n) is 2.86. The van der Waals surface area contributed by atoms with E-state index in [2.05, 4.69) is 5.32 Å². The van der Waals surface area contributed by atoms with Crippen LogP contribution in [-0.4, -0.2) is 25.8 Å². The second kappa shape index (κ2) is 6.51. The number of nitro groups is 1. The standard InChI is InChI=1S/C11H11ClF3IN2O3/c1-2-7(12)9(19)17-6-3-4-8(18(20)21)10(16,5-6)11(13,14)15/h3-4,7H,2,5H2,1H3,(H,17,19). The molecule has 0 spiro atoms. The Hall–Kier alpha value is -0.840. The van der Waals surface area contributed by atoms with Gasteiger partial charge in [-0.1, -0.05) is 29.5 Å². The average molecular weight is 439 g/mol. The lowest BCUT2D eigenvalue weighted by atomic mass is 9.93. The summed E-state index contributed by atoms with van der Waals surface area (Å²) in [7, 11) is 0. The van der Waals surface area contributed by atoms with Crippen LogP contribution in [0, 0.1) is 10.1 Å². The number of amides is 1. The van der Waals surface area contributed by atoms with Crippen LogP contribution in [0.15, 0.2) is 23.5 Å². The van der Waals surface area contributed by atoms with Gasteiger partial charge in [0.1, 0.15) is 5.38 Å². The first-order valence-corrected chi connectivity index (χ1v) is 7.30. The van der Waals surface area contributed by atoms with E-state index in [4.69, 9.17) is 11.6 Å². The fraction of sp³-hybridized carbons (Fsp3) is 0.545. The Kier molecular flexibility index (Phi) is 5.64. The maximum Gasteiger partial charge on any atom is 0.413 e. The van der Waals surface area contributed by atoms with Gasteiger partial charge in [0.15, 0.2) is 0 Å². The van der Waals surface area contributed by atoms with Crippen LogP contribution in [0.25, 0.3) is 0 Å². The topological polar surface area (TPSA) is 72.2 Å². The predicted molar refractivity (Wildman–Crippen MR) is 78.7 cm³/mol. The zero-order chi connectivity index (χ0) is 16.4. The number of halogens is 5. The number of carbonyl (C=O) groups excluding carboxylic acids is 1. The van der Waals surface area contributed by atoms with Gasteiger partial charge in [-0.3, -0.25) is 14.9 Å². The van der Waals surface area contributed by atoms with Gasteiger partial charge in [-0.05, 0) is 12.5 Å². The molecule has 10 heteroatoms. The molecule has 0 heterocycles. The minimum absolute atomic E-state index is 0.0589. The molecule has 0 aromatic heterocycles. The van der Waals surface area contributed by atoms with Crippen molar-refractivity contribution in [1.82, 2.24) is 5.32 Å². The van der Waals surface area contributed by atoms with Crippen molar-refractivity contribution in [2.75, 3.05) is 0 Å². The van der Waals surface area contributed by atoms with Crippen LogP contribution in [0.2, 0.25) is 0 Å². The molecule has 1 rings (SSSR count). The van der Waals surface area contributed by atoms with Crippen molar-refractivity contribution in [3.8, 4) is 0 Å². The zero-order valence-electron chi connectivity index (χ0n) is 10.7. The first kappa shape index (κ1) is 18.2. The SMILES string of the molecule is CCC(Cl)C(=O)NC1=CC=C([N+](=O)[O-])C(I)(C(F)(F)F)C1. The first-order chi connectivity index (χ1) is 9.52. The van der Waals surface area contributed by atoms with Crippen molar-refractivity contribution in [3.63, 3.8) is 0 Å². The molecule has 0 bridgehead atoms. The van der Waals surface area contributed by atoms with Crippen LogP contribution in [0.1, 0.15) is 19.8 Å². The van der Waals surface area contributed by atoms with Crippen molar-refractivity contribution < 1.29 is 22.9 Å². The normalized spacial score (nSPS) is 23.9. The third-order valence-corrected chi connectivity index (χ3v) is 4.91. The molecule has 0 saturated heterocycles. The Labute approximate surface area is 136 Å². The summed E-state index contributed by atoms with van der Waals surface area (Å²) < 4.78 is 36.8. The van der Waals surface area contributed by atoms with E-state index < -0.39 is 37.9 Å². The maximum absolute atomic E-state index is 13.2. The Balaban J connectivity index is 3.09. The van der Waals surface area contributed by atoms with E-state index in [9.17, 15) is 28.1 Å². The minimum Gasteiger partial charge on any atom is -0.328 e. The van der Waals surface area contributed by atoms with E-state index in [0.29, 0.717) is 6.42 Å². The molecule has 0 radical (unpaired) electrons. The monoisotopic (exact) mass is 438 g/mol. The maximum atomic E-state index is 13.2. The number of allylic oxidation sites excluding steroid dienone is 4. The average Bonchev–Trinajstić information content (AvgIpc) is 2.36. The van der Waals surface area contributed by atoms with Gasteiger partial charge in [-0.25, -0.2) is 0 Å². The van der Waals surface area contributed by atoms with Crippen molar-refractivity contribution in [3.05, 3.63) is 33.7 Å². The van der Waals surface area contributed by atoms with Gasteiger partial charge in [0.25, 0.3) is 5.70 Å². The van der Waals surface area contributed by atoms with Gasteiger partial charge < -0.3 is 5.32 Å². The molecular weight excluding hydrogens is 427 g/mol. The van der Waals surface area contributed by atoms with Crippen LogP contribution in [0.4, 0.5) is 13.2 Å². The van der Waals surface area contributed by atoms with E-state index in [0.717, 1.165) is 34.7 Å². The second-order valence-electron chi connectivity index (χ2n) is 4.34. The molecule has 0 aliphatic heterocycles. The van der Waals surface area contributed by atoms with Crippen molar-refractivity contribution in [2.24, 2.45) is 0 Å². The van der Waals surface area contributed by atoms with Crippen molar-refractivity contribution in [1.29, 1.82) is 0 Å². The van der Waals surface area contributed by atoms with Crippen molar-refractivity contribution in [2.45, 2.75) is 34.7 Å². The lowest BCUT2D eigenvalue weighted by Crippen LogP contribution is -2.46. The molecular formula is C11H11ClF3IN2O3. The van der Waals surface area contributed by atoms with Gasteiger partial charge >= 0.3 is 6.18 Å². The largest absolute Gasteiger partial charge is 0.413 e. The highest BCUT2D eigenvalue weighted by molar-refractivity contribution is 14.1. The smallest absolute Gasteiger partial charge is 0.328 e. The summed E-state index contributed by atoms with van der Waals surface area (Å²) >= 11 is 6.69. The molecule has 0 saturated carbocycles. The Morgan fingerprint density at radius 2 is 2.19 bits per heavy atom. The van der Waals surface area contributed by atoms with Gasteiger partial charge in [0.05, 0.1) is 4.92 Å². The number of nitrogens with one attached hydrogen (secondary N) is 1. The van der Waals surface area contributed by atoms with E-state index in [1.54, 1.807) is 6.92 Å². The quantitative estimate of drug-likeness (QED) is 0.317. The van der Waals surface area contributed by atoms with Crippen LogP contribution < -0.4 is 5.32 Å². The van der Waals surface area contributed by atoms with E-state index in [1.807, 2.05) is 0 Å². The molecule has 5 nitrogen and oxygen atoms in total. The van der Waals surface area contributed by atoms with Crippen LogP contribution in [-0.2, 0) is 4.79 Å². The highest BCUT2D eigenvalue weighted by Crippen LogP contribution is 2.49. The van der Waals surface area contributed by atoms with Gasteiger partial charge in [0, 0.05) is 18.2 Å². The van der Waals surface area contributed by atoms with E-state index >= 15 is 0 Å². The number of nitrogens with zero attached hydrogens (tertiary/aromatic N) is 1. The fourth-order valence-corrected chi connectivity index (χ4v) is 2.52. The summed E-state index contributed by atoms with van der Waals surface area (Å²) in [4.78, 5) is 21.3. The Morgan fingerprint density at radius 3 is 2.62 bits per heavy atom. The van der Waals surface area contributed by atoms with Crippen LogP contribution in [0.5, 0.6) is 0 Å². The Bertz CT molecular complexity index is 521. The summed E-state index contributed by atoms with van der Waals surface area (Å²) in [6.45, 7) is 1.65. The summed E-state index contributed by atoms with van der Waals surface area (Å²) in [6.07, 6.45) is -3.40. The molecule has 21 heavy (non-hydrogen) atoms. The third kappa shape index (κ3) is 3.87. The number of hydrogen-bond acceptors (Lipinski definition) is 3. The zero-order valence-corrected chi connectivity index (χ0v) is 13.6. The molecule has 2 atom stereocenters. The van der Waals surface area contributed by atoms with Crippen molar-refractivity contribution >= 4 is 40.1 Å². The molecule has 118 valence electrons. The van der Waals surface area contributed by atoms with E-state index in [1.165, 1.54) is 0 Å². The van der Waals surface area contributed by atoms with E-state index in [-0.39, 0.29) is 5.70 Å². The van der Waals surface area contributed by atoms with Gasteiger partial charge in [-0.2, -0.15) is 13.2 Å². The minimum atomic E-state index is -4.83. The lowest BCUT2D eigenvalue weighted by Gasteiger charge is -2.30. The molecule has 0 aromatic rings. The van der Waals surface area contributed by atoms with Gasteiger partial charge in [-0.15, -0.1) is 11.6 Å². The first-order valence-electron chi connectivity index (χ1n) is 5.79. The molecule has 0 fully saturated rings. The Morgan fingerprint density at radius 1 is 1.62 bits per heavy atom. The summed E-state index contributed by atoms with van der Waals surface area (Å²) in [6, 6.07) is 0. The number of carbonyl (C=O) groups is 1. The lowest BCUT2D eigenvalue weighted by molar-refractivity contribution is -0.437. The molecule has 0 aromatic carbocycles. The molecule has 1 aliphatic carbocycles. The predicted octanol–water partition coefficient (Wildman–Crippen LogP) is 3.30. The van der Waals surface area contributed by atoms with Crippen LogP contribution in [0.3, 0.4) is 0 Å². The second-order valence-corrected chi connectivity index (χ2v) is 6.71. The molecule has 1 N–H and O–H groups in total. The summed E-state index contributed by atoms with van der Waals surface area (Å²) in [5.41, 5.74) is -1.03. The highest BCUT2D eigenvalue weighted by Gasteiger charge is 2.62. The van der Waals surface area contributed by atoms with Crippen LogP contribution >= 0.6 is 34.2 Å². The van der Waals surface area contributed by atoms with Gasteiger partial charge in [0.2, 0.25) is 9.33 Å².